The van der Waals surface area contributed by atoms with Crippen LogP contribution in [0, 0.1) is 10.1 Å². The maximum absolute atomic E-state index is 11.4. The van der Waals surface area contributed by atoms with Crippen LogP contribution in [0.1, 0.15) is 10.4 Å². The fourth-order valence-electron chi connectivity index (χ4n) is 0.949. The van der Waals surface area contributed by atoms with Gasteiger partial charge < -0.3 is 5.11 Å². The monoisotopic (exact) mass is 337 g/mol. The van der Waals surface area contributed by atoms with Crippen molar-refractivity contribution >= 4 is 43.3 Å². The number of nitro benzene ring substituents is 1. The number of phenolic OH excluding ortho intramolecular Hbond substituents is 1. The van der Waals surface area contributed by atoms with Gasteiger partial charge in [-0.2, -0.15) is 0 Å². The number of alkyl halides is 2. The lowest BCUT2D eigenvalue weighted by atomic mass is 10.1. The molecule has 0 spiro atoms. The van der Waals surface area contributed by atoms with Crippen LogP contribution in [-0.4, -0.2) is 19.5 Å². The second-order valence-electron chi connectivity index (χ2n) is 2.63. The molecule has 1 rings (SSSR count). The standard InChI is InChI=1S/C8H5Br2NO4/c9-8(10)7(13)4-1-2-6(12)5(3-4)11(14)15/h1-3,8,12H. The molecule has 0 aliphatic heterocycles. The van der Waals surface area contributed by atoms with Gasteiger partial charge in [-0.25, -0.2) is 0 Å². The third kappa shape index (κ3) is 2.75. The molecule has 5 nitrogen and oxygen atoms in total. The van der Waals surface area contributed by atoms with E-state index in [2.05, 4.69) is 31.9 Å². The number of Topliss-reactive ketones (excluding diaryl/α,β-unsaturated/α-hetero) is 1. The van der Waals surface area contributed by atoms with Gasteiger partial charge in [-0.05, 0) is 12.1 Å². The molecule has 1 aromatic carbocycles. The van der Waals surface area contributed by atoms with Crippen molar-refractivity contribution in [3.05, 3.63) is 33.9 Å². The summed E-state index contributed by atoms with van der Waals surface area (Å²) < 4.78 is -0.603. The summed E-state index contributed by atoms with van der Waals surface area (Å²) in [7, 11) is 0. The van der Waals surface area contributed by atoms with Crippen molar-refractivity contribution in [2.45, 2.75) is 3.74 Å². The van der Waals surface area contributed by atoms with Crippen molar-refractivity contribution in [2.75, 3.05) is 0 Å². The van der Waals surface area contributed by atoms with Crippen LogP contribution in [0.3, 0.4) is 0 Å². The molecule has 0 bridgehead atoms. The van der Waals surface area contributed by atoms with E-state index in [1.807, 2.05) is 0 Å². The van der Waals surface area contributed by atoms with E-state index >= 15 is 0 Å². The van der Waals surface area contributed by atoms with Gasteiger partial charge in [-0.15, -0.1) is 0 Å². The lowest BCUT2D eigenvalue weighted by molar-refractivity contribution is -0.385. The van der Waals surface area contributed by atoms with Gasteiger partial charge in [0.1, 0.15) is 3.74 Å². The summed E-state index contributed by atoms with van der Waals surface area (Å²) in [6.07, 6.45) is 0. The smallest absolute Gasteiger partial charge is 0.311 e. The molecule has 1 aromatic rings. The number of benzene rings is 1. The molecule has 0 atom stereocenters. The van der Waals surface area contributed by atoms with Crippen LogP contribution in [0.2, 0.25) is 0 Å². The van der Waals surface area contributed by atoms with Crippen molar-refractivity contribution in [1.82, 2.24) is 0 Å². The van der Waals surface area contributed by atoms with Crippen LogP contribution < -0.4 is 0 Å². The number of hydrogen-bond acceptors (Lipinski definition) is 4. The minimum atomic E-state index is -0.746. The second kappa shape index (κ2) is 4.71. The Bertz CT molecular complexity index is 419. The van der Waals surface area contributed by atoms with Crippen LogP contribution in [0.15, 0.2) is 18.2 Å². The molecular weight excluding hydrogens is 334 g/mol. The number of halogens is 2. The van der Waals surface area contributed by atoms with Crippen LogP contribution in [0.4, 0.5) is 5.69 Å². The molecule has 0 amide bonds. The molecule has 15 heavy (non-hydrogen) atoms. The number of aromatic hydroxyl groups is 1. The predicted molar refractivity (Wildman–Crippen MR) is 60.7 cm³/mol. The summed E-state index contributed by atoms with van der Waals surface area (Å²) in [5, 5.41) is 19.6. The normalized spacial score (nSPS) is 10.3. The fourth-order valence-corrected chi connectivity index (χ4v) is 1.48. The highest BCUT2D eigenvalue weighted by atomic mass is 79.9. The Morgan fingerprint density at radius 1 is 1.47 bits per heavy atom. The maximum atomic E-state index is 11.4. The van der Waals surface area contributed by atoms with E-state index in [1.165, 1.54) is 6.07 Å². The Morgan fingerprint density at radius 3 is 2.53 bits per heavy atom. The Kier molecular flexibility index (Phi) is 3.81. The number of carbonyl (C=O) groups excluding carboxylic acids is 1. The molecule has 0 unspecified atom stereocenters. The van der Waals surface area contributed by atoms with Gasteiger partial charge in [-0.3, -0.25) is 14.9 Å². The lowest BCUT2D eigenvalue weighted by Crippen LogP contribution is -2.07. The number of nitro groups is 1. The first-order valence-corrected chi connectivity index (χ1v) is 5.56. The Balaban J connectivity index is 3.19. The van der Waals surface area contributed by atoms with E-state index in [4.69, 9.17) is 5.11 Å². The third-order valence-corrected chi connectivity index (χ3v) is 2.49. The minimum Gasteiger partial charge on any atom is -0.502 e. The van der Waals surface area contributed by atoms with Crippen molar-refractivity contribution in [1.29, 1.82) is 0 Å². The van der Waals surface area contributed by atoms with E-state index in [1.54, 1.807) is 0 Å². The Morgan fingerprint density at radius 2 is 2.07 bits per heavy atom. The van der Waals surface area contributed by atoms with Gasteiger partial charge in [0.2, 0.25) is 0 Å². The number of hydrogen-bond donors (Lipinski definition) is 1. The summed E-state index contributed by atoms with van der Waals surface area (Å²) in [5.41, 5.74) is -0.334. The number of rotatable bonds is 3. The largest absolute Gasteiger partial charge is 0.502 e. The molecule has 0 heterocycles. The Hall–Kier alpha value is -0.950. The molecule has 0 aliphatic rings. The number of phenols is 1. The van der Waals surface area contributed by atoms with Crippen LogP contribution in [0.5, 0.6) is 5.75 Å². The summed E-state index contributed by atoms with van der Waals surface area (Å²) >= 11 is 5.98. The number of nitrogens with zero attached hydrogens (tertiary/aromatic N) is 1. The summed E-state index contributed by atoms with van der Waals surface area (Å²) in [4.78, 5) is 21.2. The first-order valence-electron chi connectivity index (χ1n) is 3.73. The van der Waals surface area contributed by atoms with E-state index in [0.29, 0.717) is 0 Å². The highest BCUT2D eigenvalue weighted by Crippen LogP contribution is 2.28. The molecular formula is C8H5Br2NO4. The molecule has 0 aromatic heterocycles. The zero-order valence-corrected chi connectivity index (χ0v) is 10.4. The van der Waals surface area contributed by atoms with Crippen LogP contribution >= 0.6 is 31.9 Å². The van der Waals surface area contributed by atoms with Gasteiger partial charge in [0.25, 0.3) is 0 Å². The minimum absolute atomic E-state index is 0.151. The molecule has 1 N–H and O–H groups in total. The topological polar surface area (TPSA) is 80.4 Å². The van der Waals surface area contributed by atoms with Gasteiger partial charge in [0, 0.05) is 11.6 Å². The molecule has 80 valence electrons. The summed E-state index contributed by atoms with van der Waals surface area (Å²) in [6.45, 7) is 0. The highest BCUT2D eigenvalue weighted by molar-refractivity contribution is 9.25. The third-order valence-electron chi connectivity index (χ3n) is 1.65. The summed E-state index contributed by atoms with van der Waals surface area (Å²) in [5.74, 6) is -0.810. The average Bonchev–Trinajstić information content (AvgIpc) is 2.16. The van der Waals surface area contributed by atoms with E-state index in [-0.39, 0.29) is 11.3 Å². The molecule has 0 fully saturated rings. The number of ketones is 1. The van der Waals surface area contributed by atoms with Crippen molar-refractivity contribution in [3.8, 4) is 5.75 Å². The zero-order chi connectivity index (χ0) is 11.6. The number of carbonyl (C=O) groups is 1. The lowest BCUT2D eigenvalue weighted by Gasteiger charge is -2.02. The molecule has 7 heteroatoms. The Labute approximate surface area is 102 Å². The average molecular weight is 339 g/mol. The molecule has 0 radical (unpaired) electrons. The van der Waals surface area contributed by atoms with Crippen molar-refractivity contribution in [3.63, 3.8) is 0 Å². The summed E-state index contributed by atoms with van der Waals surface area (Å²) in [6, 6.07) is 3.47. The molecule has 0 aliphatic carbocycles. The quantitative estimate of drug-likeness (QED) is 0.397. The first kappa shape index (κ1) is 12.1. The second-order valence-corrected chi connectivity index (χ2v) is 5.69. The van der Waals surface area contributed by atoms with Gasteiger partial charge in [0.05, 0.1) is 4.92 Å². The van der Waals surface area contributed by atoms with Crippen molar-refractivity contribution in [2.24, 2.45) is 0 Å². The highest BCUT2D eigenvalue weighted by Gasteiger charge is 2.19. The van der Waals surface area contributed by atoms with Crippen molar-refractivity contribution < 1.29 is 14.8 Å². The fraction of sp³-hybridized carbons (Fsp3) is 0.125. The van der Waals surface area contributed by atoms with Gasteiger partial charge in [-0.1, -0.05) is 31.9 Å². The van der Waals surface area contributed by atoms with E-state index in [9.17, 15) is 14.9 Å². The SMILES string of the molecule is O=C(c1ccc(O)c([N+](=O)[O-])c1)C(Br)Br. The van der Waals surface area contributed by atoms with Crippen LogP contribution in [-0.2, 0) is 0 Å². The molecule has 0 saturated heterocycles. The van der Waals surface area contributed by atoms with E-state index < -0.39 is 20.1 Å². The zero-order valence-electron chi connectivity index (χ0n) is 7.18. The molecule has 0 saturated carbocycles. The van der Waals surface area contributed by atoms with Gasteiger partial charge >= 0.3 is 5.69 Å². The maximum Gasteiger partial charge on any atom is 0.311 e. The first-order chi connectivity index (χ1) is 6.93. The van der Waals surface area contributed by atoms with Crippen LogP contribution in [0.25, 0.3) is 0 Å². The van der Waals surface area contributed by atoms with E-state index in [0.717, 1.165) is 12.1 Å². The van der Waals surface area contributed by atoms with Gasteiger partial charge in [0.15, 0.2) is 11.5 Å². The predicted octanol–water partition coefficient (Wildman–Crippen LogP) is 2.60.